The van der Waals surface area contributed by atoms with E-state index in [-0.39, 0.29) is 6.04 Å². The average Bonchev–Trinajstić information content (AvgIpc) is 2.66. The molecule has 0 bridgehead atoms. The molecule has 16 heavy (non-hydrogen) atoms. The smallest absolute Gasteiger partial charge is 0.0954 e. The first-order valence-corrected chi connectivity index (χ1v) is 6.92. The second-order valence-electron chi connectivity index (χ2n) is 4.61. The lowest BCUT2D eigenvalue weighted by molar-refractivity contribution is 0.0167. The van der Waals surface area contributed by atoms with E-state index >= 15 is 0 Å². The molecule has 1 aliphatic heterocycles. The van der Waals surface area contributed by atoms with Gasteiger partial charge in [-0.2, -0.15) is 0 Å². The van der Waals surface area contributed by atoms with Crippen LogP contribution < -0.4 is 5.73 Å². The van der Waals surface area contributed by atoms with E-state index in [2.05, 4.69) is 10.4 Å². The number of nitrogens with two attached hydrogens (primary N) is 1. The predicted octanol–water partition coefficient (Wildman–Crippen LogP) is 2.14. The van der Waals surface area contributed by atoms with Crippen molar-refractivity contribution in [1.29, 1.82) is 0 Å². The first-order valence-electron chi connectivity index (χ1n) is 6.04. The molecule has 0 radical (unpaired) electrons. The summed E-state index contributed by atoms with van der Waals surface area (Å²) in [6.45, 7) is 2.94. The number of hydrogen-bond donors (Lipinski definition) is 1. The molecule has 1 aliphatic rings. The van der Waals surface area contributed by atoms with Gasteiger partial charge >= 0.3 is 0 Å². The van der Waals surface area contributed by atoms with E-state index in [0.29, 0.717) is 6.10 Å². The number of hydrogen-bond acceptors (Lipinski definition) is 4. The number of nitrogens with zero attached hydrogens (tertiary/aromatic N) is 1. The third-order valence-corrected chi connectivity index (χ3v) is 3.73. The van der Waals surface area contributed by atoms with Gasteiger partial charge in [0.1, 0.15) is 0 Å². The summed E-state index contributed by atoms with van der Waals surface area (Å²) in [5, 5.41) is 3.32. The maximum atomic E-state index is 5.76. The molecular formula is C12H20N2OS. The summed E-state index contributed by atoms with van der Waals surface area (Å²) in [6.07, 6.45) is 5.93. The highest BCUT2D eigenvalue weighted by Crippen LogP contribution is 2.19. The van der Waals surface area contributed by atoms with Crippen LogP contribution in [-0.4, -0.2) is 23.7 Å². The van der Waals surface area contributed by atoms with Crippen molar-refractivity contribution in [3.63, 3.8) is 0 Å². The van der Waals surface area contributed by atoms with E-state index in [4.69, 9.17) is 10.5 Å². The van der Waals surface area contributed by atoms with Gasteiger partial charge in [-0.05, 0) is 26.2 Å². The molecule has 1 saturated heterocycles. The maximum Gasteiger partial charge on any atom is 0.0954 e. The van der Waals surface area contributed by atoms with Crippen molar-refractivity contribution in [2.75, 3.05) is 6.61 Å². The molecule has 1 aromatic heterocycles. The standard InChI is InChI=1S/C12H20N2OS/c1-9(13)6-10-8-16-12(14-10)7-11-4-2-3-5-15-11/h8-9,11H,2-7,13H2,1H3. The fraction of sp³-hybridized carbons (Fsp3) is 0.750. The van der Waals surface area contributed by atoms with Crippen LogP contribution in [0.4, 0.5) is 0 Å². The Morgan fingerprint density at radius 2 is 2.50 bits per heavy atom. The first kappa shape index (κ1) is 12.0. The van der Waals surface area contributed by atoms with Crippen molar-refractivity contribution in [3.8, 4) is 0 Å². The van der Waals surface area contributed by atoms with Gasteiger partial charge in [-0.25, -0.2) is 4.98 Å². The fourth-order valence-corrected chi connectivity index (χ4v) is 2.90. The van der Waals surface area contributed by atoms with Gasteiger partial charge < -0.3 is 10.5 Å². The van der Waals surface area contributed by atoms with Gasteiger partial charge in [0.05, 0.1) is 16.8 Å². The van der Waals surface area contributed by atoms with E-state index in [0.717, 1.165) is 25.1 Å². The van der Waals surface area contributed by atoms with Crippen LogP contribution in [0, 0.1) is 0 Å². The molecule has 1 fully saturated rings. The van der Waals surface area contributed by atoms with E-state index in [1.807, 2.05) is 6.92 Å². The molecule has 3 nitrogen and oxygen atoms in total. The molecule has 0 aromatic carbocycles. The Morgan fingerprint density at radius 1 is 1.62 bits per heavy atom. The SMILES string of the molecule is CC(N)Cc1csc(CC2CCCCO2)n1. The average molecular weight is 240 g/mol. The van der Waals surface area contributed by atoms with Crippen molar-refractivity contribution in [1.82, 2.24) is 4.98 Å². The van der Waals surface area contributed by atoms with Gasteiger partial charge in [0.25, 0.3) is 0 Å². The van der Waals surface area contributed by atoms with E-state index in [9.17, 15) is 0 Å². The van der Waals surface area contributed by atoms with Crippen LogP contribution in [0.2, 0.25) is 0 Å². The van der Waals surface area contributed by atoms with E-state index < -0.39 is 0 Å². The van der Waals surface area contributed by atoms with Crippen molar-refractivity contribution >= 4 is 11.3 Å². The molecule has 2 atom stereocenters. The number of ether oxygens (including phenoxy) is 1. The molecule has 90 valence electrons. The summed E-state index contributed by atoms with van der Waals surface area (Å²) in [5.41, 5.74) is 6.89. The molecule has 2 unspecified atom stereocenters. The highest BCUT2D eigenvalue weighted by molar-refractivity contribution is 7.09. The molecule has 0 spiro atoms. The third-order valence-electron chi connectivity index (χ3n) is 2.81. The summed E-state index contributed by atoms with van der Waals surface area (Å²) >= 11 is 1.74. The van der Waals surface area contributed by atoms with Gasteiger partial charge in [0, 0.05) is 30.9 Å². The summed E-state index contributed by atoms with van der Waals surface area (Å²) in [6, 6.07) is 0.195. The zero-order valence-corrected chi connectivity index (χ0v) is 10.6. The molecule has 2 heterocycles. The van der Waals surface area contributed by atoms with Gasteiger partial charge in [0.2, 0.25) is 0 Å². The van der Waals surface area contributed by atoms with Crippen LogP contribution in [0.25, 0.3) is 0 Å². The first-order chi connectivity index (χ1) is 7.74. The number of rotatable bonds is 4. The minimum Gasteiger partial charge on any atom is -0.378 e. The minimum atomic E-state index is 0.195. The van der Waals surface area contributed by atoms with Gasteiger partial charge in [-0.15, -0.1) is 11.3 Å². The lowest BCUT2D eigenvalue weighted by Crippen LogP contribution is -2.21. The summed E-state index contributed by atoms with van der Waals surface area (Å²) in [4.78, 5) is 4.60. The lowest BCUT2D eigenvalue weighted by Gasteiger charge is -2.21. The normalized spacial score (nSPS) is 23.2. The summed E-state index contributed by atoms with van der Waals surface area (Å²) in [7, 11) is 0. The number of aromatic nitrogens is 1. The Kier molecular flexibility index (Phi) is 4.32. The van der Waals surface area contributed by atoms with E-state index in [1.54, 1.807) is 11.3 Å². The Bertz CT molecular complexity index is 319. The second kappa shape index (κ2) is 5.75. The molecule has 2 rings (SSSR count). The van der Waals surface area contributed by atoms with Gasteiger partial charge in [-0.3, -0.25) is 0 Å². The Balaban J connectivity index is 1.86. The highest BCUT2D eigenvalue weighted by Gasteiger charge is 2.16. The molecule has 2 N–H and O–H groups in total. The predicted molar refractivity (Wildman–Crippen MR) is 66.8 cm³/mol. The second-order valence-corrected chi connectivity index (χ2v) is 5.55. The minimum absolute atomic E-state index is 0.195. The van der Waals surface area contributed by atoms with Crippen molar-refractivity contribution < 1.29 is 4.74 Å². The number of thiazole rings is 1. The van der Waals surface area contributed by atoms with Crippen LogP contribution in [0.3, 0.4) is 0 Å². The third kappa shape index (κ3) is 3.54. The summed E-state index contributed by atoms with van der Waals surface area (Å²) in [5.74, 6) is 0. The fourth-order valence-electron chi connectivity index (χ4n) is 2.03. The quantitative estimate of drug-likeness (QED) is 0.877. The molecular weight excluding hydrogens is 220 g/mol. The molecule has 4 heteroatoms. The van der Waals surface area contributed by atoms with Crippen LogP contribution in [0.15, 0.2) is 5.38 Å². The molecule has 0 aliphatic carbocycles. The molecule has 0 amide bonds. The largest absolute Gasteiger partial charge is 0.378 e. The lowest BCUT2D eigenvalue weighted by atomic mass is 10.1. The van der Waals surface area contributed by atoms with Gasteiger partial charge in [0.15, 0.2) is 0 Å². The van der Waals surface area contributed by atoms with Crippen molar-refractivity contribution in [2.45, 2.75) is 51.2 Å². The maximum absolute atomic E-state index is 5.76. The highest BCUT2D eigenvalue weighted by atomic mass is 32.1. The van der Waals surface area contributed by atoms with Crippen LogP contribution >= 0.6 is 11.3 Å². The zero-order chi connectivity index (χ0) is 11.4. The zero-order valence-electron chi connectivity index (χ0n) is 9.82. The Morgan fingerprint density at radius 3 is 3.19 bits per heavy atom. The van der Waals surface area contributed by atoms with Crippen LogP contribution in [0.5, 0.6) is 0 Å². The Labute approximate surface area is 101 Å². The Hall–Kier alpha value is -0.450. The van der Waals surface area contributed by atoms with Gasteiger partial charge in [-0.1, -0.05) is 0 Å². The van der Waals surface area contributed by atoms with Crippen LogP contribution in [0.1, 0.15) is 36.9 Å². The van der Waals surface area contributed by atoms with E-state index in [1.165, 1.54) is 24.3 Å². The van der Waals surface area contributed by atoms with Crippen molar-refractivity contribution in [3.05, 3.63) is 16.1 Å². The van der Waals surface area contributed by atoms with Crippen LogP contribution in [-0.2, 0) is 17.6 Å². The summed E-state index contributed by atoms with van der Waals surface area (Å²) < 4.78 is 5.71. The topological polar surface area (TPSA) is 48.1 Å². The molecule has 0 saturated carbocycles. The monoisotopic (exact) mass is 240 g/mol. The molecule has 1 aromatic rings. The van der Waals surface area contributed by atoms with Crippen molar-refractivity contribution in [2.24, 2.45) is 5.73 Å².